The van der Waals surface area contributed by atoms with Crippen molar-refractivity contribution in [3.05, 3.63) is 17.6 Å². The summed E-state index contributed by atoms with van der Waals surface area (Å²) in [5.74, 6) is 6.03. The van der Waals surface area contributed by atoms with E-state index >= 15 is 0 Å². The Labute approximate surface area is 86.8 Å². The number of fused-ring (bicyclic) bond motifs is 4. The average Bonchev–Trinajstić information content (AvgIpc) is 2.96. The highest BCUT2D eigenvalue weighted by molar-refractivity contribution is 5.30. The predicted molar refractivity (Wildman–Crippen MR) is 57.6 cm³/mol. The van der Waals surface area contributed by atoms with E-state index in [1.807, 2.05) is 11.5 Å². The Kier molecular flexibility index (Phi) is 1.51. The van der Waals surface area contributed by atoms with Crippen LogP contribution in [0.3, 0.4) is 0 Å². The lowest BCUT2D eigenvalue weighted by Crippen LogP contribution is -2.15. The summed E-state index contributed by atoms with van der Waals surface area (Å²) in [7, 11) is 0. The van der Waals surface area contributed by atoms with E-state index in [1.54, 1.807) is 0 Å². The van der Waals surface area contributed by atoms with Crippen LogP contribution in [0.15, 0.2) is 11.6 Å². The molecule has 0 saturated heterocycles. The minimum atomic E-state index is 0.976. The SMILES string of the molecule is C1=C(C2CC3CC[C]2C3)C2CCC1C2. The van der Waals surface area contributed by atoms with Gasteiger partial charge in [-0.05, 0) is 74.5 Å². The van der Waals surface area contributed by atoms with E-state index in [0.717, 1.165) is 23.7 Å². The Bertz CT molecular complexity index is 288. The quantitative estimate of drug-likeness (QED) is 0.549. The van der Waals surface area contributed by atoms with Crippen LogP contribution in [-0.2, 0) is 0 Å². The van der Waals surface area contributed by atoms with Crippen LogP contribution in [0.5, 0.6) is 0 Å². The molecule has 0 spiro atoms. The Morgan fingerprint density at radius 1 is 1.07 bits per heavy atom. The topological polar surface area (TPSA) is 0 Å². The molecule has 0 heteroatoms. The smallest absolute Gasteiger partial charge is 0.0135 e. The van der Waals surface area contributed by atoms with Gasteiger partial charge in [0, 0.05) is 0 Å². The fourth-order valence-electron chi connectivity index (χ4n) is 4.63. The van der Waals surface area contributed by atoms with Gasteiger partial charge in [-0.3, -0.25) is 0 Å². The number of hydrogen-bond acceptors (Lipinski definition) is 0. The van der Waals surface area contributed by atoms with Gasteiger partial charge in [0.05, 0.1) is 0 Å². The summed E-state index contributed by atoms with van der Waals surface area (Å²) in [6.45, 7) is 0. The van der Waals surface area contributed by atoms with Crippen molar-refractivity contribution in [2.75, 3.05) is 0 Å². The molecule has 0 heterocycles. The second kappa shape index (κ2) is 2.65. The van der Waals surface area contributed by atoms with Crippen molar-refractivity contribution in [1.82, 2.24) is 0 Å². The highest BCUT2D eigenvalue weighted by Gasteiger charge is 2.45. The van der Waals surface area contributed by atoms with Crippen molar-refractivity contribution < 1.29 is 0 Å². The van der Waals surface area contributed by atoms with Gasteiger partial charge in [-0.1, -0.05) is 11.6 Å². The Hall–Kier alpha value is -0.260. The van der Waals surface area contributed by atoms with Gasteiger partial charge < -0.3 is 0 Å². The molecule has 4 atom stereocenters. The van der Waals surface area contributed by atoms with Crippen molar-refractivity contribution in [3.8, 4) is 0 Å². The van der Waals surface area contributed by atoms with E-state index in [9.17, 15) is 0 Å². The molecular weight excluding hydrogens is 168 g/mol. The molecule has 1 radical (unpaired) electrons. The first kappa shape index (κ1) is 7.96. The van der Waals surface area contributed by atoms with E-state index < -0.39 is 0 Å². The van der Waals surface area contributed by atoms with Crippen molar-refractivity contribution >= 4 is 0 Å². The molecule has 14 heavy (non-hydrogen) atoms. The third-order valence-electron chi connectivity index (χ3n) is 5.26. The second-order valence-electron chi connectivity index (χ2n) is 5.99. The minimum Gasteiger partial charge on any atom is -0.0816 e. The van der Waals surface area contributed by atoms with Gasteiger partial charge in [0.1, 0.15) is 0 Å². The number of hydrogen-bond donors (Lipinski definition) is 0. The molecule has 75 valence electrons. The second-order valence-corrected chi connectivity index (χ2v) is 5.99. The average molecular weight is 187 g/mol. The molecule has 4 aliphatic rings. The Morgan fingerprint density at radius 2 is 2.07 bits per heavy atom. The number of allylic oxidation sites excluding steroid dienone is 2. The zero-order chi connectivity index (χ0) is 9.12. The highest BCUT2D eigenvalue weighted by atomic mass is 14.5. The molecule has 4 aliphatic carbocycles. The largest absolute Gasteiger partial charge is 0.0816 e. The summed E-state index contributed by atoms with van der Waals surface area (Å²) in [6.07, 6.45) is 13.2. The van der Waals surface area contributed by atoms with Crippen LogP contribution in [0.4, 0.5) is 0 Å². The van der Waals surface area contributed by atoms with Gasteiger partial charge in [-0.15, -0.1) is 0 Å². The van der Waals surface area contributed by atoms with Gasteiger partial charge in [0.2, 0.25) is 0 Å². The van der Waals surface area contributed by atoms with Gasteiger partial charge >= 0.3 is 0 Å². The lowest BCUT2D eigenvalue weighted by atomic mass is 9.78. The third-order valence-corrected chi connectivity index (χ3v) is 5.26. The highest BCUT2D eigenvalue weighted by Crippen LogP contribution is 2.57. The first-order valence-electron chi connectivity index (χ1n) is 6.46. The van der Waals surface area contributed by atoms with Gasteiger partial charge in [-0.2, -0.15) is 0 Å². The van der Waals surface area contributed by atoms with Crippen LogP contribution >= 0.6 is 0 Å². The monoisotopic (exact) mass is 187 g/mol. The fourth-order valence-corrected chi connectivity index (χ4v) is 4.63. The summed E-state index contributed by atoms with van der Waals surface area (Å²) in [5, 5.41) is 0. The third kappa shape index (κ3) is 0.951. The van der Waals surface area contributed by atoms with Gasteiger partial charge in [0.15, 0.2) is 0 Å². The first-order chi connectivity index (χ1) is 6.90. The lowest BCUT2D eigenvalue weighted by Gasteiger charge is -2.27. The normalized spacial score (nSPS) is 50.4. The number of rotatable bonds is 1. The summed E-state index contributed by atoms with van der Waals surface area (Å²) in [4.78, 5) is 0. The maximum atomic E-state index is 2.67. The molecule has 0 N–H and O–H groups in total. The summed E-state index contributed by atoms with van der Waals surface area (Å²) >= 11 is 0. The molecular formula is C14H19. The molecule has 0 aliphatic heterocycles. The molecule has 0 nitrogen and oxygen atoms in total. The van der Waals surface area contributed by atoms with E-state index in [4.69, 9.17) is 0 Å². The minimum absolute atomic E-state index is 0.976. The molecule has 0 amide bonds. The van der Waals surface area contributed by atoms with Crippen molar-refractivity contribution in [2.45, 2.75) is 44.9 Å². The van der Waals surface area contributed by atoms with Crippen LogP contribution in [-0.4, -0.2) is 0 Å². The molecule has 4 rings (SSSR count). The molecule has 0 aromatic heterocycles. The van der Waals surface area contributed by atoms with E-state index in [1.165, 1.54) is 44.9 Å². The van der Waals surface area contributed by atoms with E-state index in [0.29, 0.717) is 0 Å². The Morgan fingerprint density at radius 3 is 2.64 bits per heavy atom. The van der Waals surface area contributed by atoms with E-state index in [-0.39, 0.29) is 0 Å². The predicted octanol–water partition coefficient (Wildman–Crippen LogP) is 3.74. The van der Waals surface area contributed by atoms with Crippen molar-refractivity contribution in [2.24, 2.45) is 23.7 Å². The fraction of sp³-hybridized carbons (Fsp3) is 0.786. The molecule has 0 aromatic carbocycles. The Balaban J connectivity index is 1.62. The van der Waals surface area contributed by atoms with Crippen LogP contribution in [0.25, 0.3) is 0 Å². The maximum Gasteiger partial charge on any atom is -0.0135 e. The van der Waals surface area contributed by atoms with Gasteiger partial charge in [-0.25, -0.2) is 0 Å². The summed E-state index contributed by atoms with van der Waals surface area (Å²) in [5.41, 5.74) is 1.90. The molecule has 4 unspecified atom stereocenters. The van der Waals surface area contributed by atoms with E-state index in [2.05, 4.69) is 6.08 Å². The van der Waals surface area contributed by atoms with Gasteiger partial charge in [0.25, 0.3) is 0 Å². The molecule has 3 fully saturated rings. The summed E-state index contributed by atoms with van der Waals surface area (Å²) < 4.78 is 0. The summed E-state index contributed by atoms with van der Waals surface area (Å²) in [6, 6.07) is 0. The molecule has 4 bridgehead atoms. The van der Waals surface area contributed by atoms with Crippen molar-refractivity contribution in [3.63, 3.8) is 0 Å². The first-order valence-corrected chi connectivity index (χ1v) is 6.46. The zero-order valence-corrected chi connectivity index (χ0v) is 8.84. The van der Waals surface area contributed by atoms with Crippen LogP contribution in [0.2, 0.25) is 0 Å². The zero-order valence-electron chi connectivity index (χ0n) is 8.84. The van der Waals surface area contributed by atoms with Crippen LogP contribution < -0.4 is 0 Å². The molecule has 0 aromatic rings. The maximum absolute atomic E-state index is 2.67. The van der Waals surface area contributed by atoms with Crippen LogP contribution in [0, 0.1) is 29.6 Å². The van der Waals surface area contributed by atoms with Crippen molar-refractivity contribution in [1.29, 1.82) is 0 Å². The lowest BCUT2D eigenvalue weighted by molar-refractivity contribution is 0.434. The standard InChI is InChI=1S/C14H19/c1-3-11-5-9(1)7-13(11)14-8-10-2-4-12(14)6-10/h7,9-11,14H,1-6,8H2. The van der Waals surface area contributed by atoms with Crippen LogP contribution in [0.1, 0.15) is 44.9 Å². The molecule has 3 saturated carbocycles.